The molecule has 1 aliphatic rings. The third kappa shape index (κ3) is 6.42. The normalized spacial score (nSPS) is 17.1. The maximum absolute atomic E-state index is 12.2. The molecule has 0 radical (unpaired) electrons. The van der Waals surface area contributed by atoms with E-state index in [1.807, 2.05) is 37.3 Å². The van der Waals surface area contributed by atoms with Crippen LogP contribution in [-0.4, -0.2) is 25.7 Å². The fourth-order valence-corrected chi connectivity index (χ4v) is 3.45. The molecule has 1 fully saturated rings. The van der Waals surface area contributed by atoms with Gasteiger partial charge in [0.1, 0.15) is 0 Å². The van der Waals surface area contributed by atoms with E-state index in [1.54, 1.807) is 0 Å². The van der Waals surface area contributed by atoms with Crippen LogP contribution in [0.2, 0.25) is 0 Å². The first-order chi connectivity index (χ1) is 11.2. The third-order valence-corrected chi connectivity index (χ3v) is 4.94. The first-order valence-electron chi connectivity index (χ1n) is 8.80. The van der Waals surface area contributed by atoms with Crippen molar-refractivity contribution in [1.29, 1.82) is 0 Å². The van der Waals surface area contributed by atoms with Crippen LogP contribution < -0.4 is 11.1 Å². The molecule has 0 heterocycles. The van der Waals surface area contributed by atoms with Gasteiger partial charge in [-0.1, -0.05) is 43.2 Å². The van der Waals surface area contributed by atoms with Crippen molar-refractivity contribution in [1.82, 2.24) is 5.32 Å². The molecule has 136 valence electrons. The van der Waals surface area contributed by atoms with Gasteiger partial charge in [0.05, 0.1) is 0 Å². The Hall–Kier alpha value is -1.10. The summed E-state index contributed by atoms with van der Waals surface area (Å²) in [7, 11) is 0. The van der Waals surface area contributed by atoms with Crippen LogP contribution in [0.3, 0.4) is 0 Å². The molecule has 1 unspecified atom stereocenters. The maximum Gasteiger partial charge on any atom is 0.221 e. The van der Waals surface area contributed by atoms with Gasteiger partial charge in [-0.15, -0.1) is 12.4 Å². The van der Waals surface area contributed by atoms with Crippen molar-refractivity contribution in [3.8, 4) is 0 Å². The van der Waals surface area contributed by atoms with Crippen LogP contribution >= 0.6 is 12.4 Å². The van der Waals surface area contributed by atoms with Crippen LogP contribution in [0.15, 0.2) is 30.3 Å². The molecule has 24 heavy (non-hydrogen) atoms. The SMILES string of the molecule is CCOCCC1(CNC(=O)CC(N)c2ccccc2)CCCC1.Cl. The van der Waals surface area contributed by atoms with Crippen molar-refractivity contribution in [2.75, 3.05) is 19.8 Å². The highest BCUT2D eigenvalue weighted by Gasteiger charge is 2.33. The van der Waals surface area contributed by atoms with Gasteiger partial charge in [0.2, 0.25) is 5.91 Å². The fraction of sp³-hybridized carbons (Fsp3) is 0.632. The predicted octanol–water partition coefficient (Wildman–Crippen LogP) is 3.60. The van der Waals surface area contributed by atoms with Crippen molar-refractivity contribution in [2.45, 2.75) is 51.5 Å². The van der Waals surface area contributed by atoms with E-state index >= 15 is 0 Å². The molecule has 4 nitrogen and oxygen atoms in total. The molecule has 1 aliphatic carbocycles. The van der Waals surface area contributed by atoms with Gasteiger partial charge in [0, 0.05) is 32.2 Å². The number of rotatable bonds is 9. The first-order valence-corrected chi connectivity index (χ1v) is 8.80. The molecule has 0 saturated heterocycles. The zero-order valence-electron chi connectivity index (χ0n) is 14.6. The topological polar surface area (TPSA) is 64.3 Å². The Bertz CT molecular complexity index is 476. The Kier molecular flexibility index (Phi) is 9.34. The van der Waals surface area contributed by atoms with Crippen molar-refractivity contribution in [3.05, 3.63) is 35.9 Å². The number of hydrogen-bond acceptors (Lipinski definition) is 3. The number of amides is 1. The summed E-state index contributed by atoms with van der Waals surface area (Å²) in [5.74, 6) is 0.0454. The summed E-state index contributed by atoms with van der Waals surface area (Å²) >= 11 is 0. The minimum atomic E-state index is -0.237. The molecular weight excluding hydrogens is 324 g/mol. The van der Waals surface area contributed by atoms with Crippen LogP contribution in [0, 0.1) is 5.41 Å². The average Bonchev–Trinajstić information content (AvgIpc) is 3.03. The summed E-state index contributed by atoms with van der Waals surface area (Å²) in [6.07, 6.45) is 6.25. The Morgan fingerprint density at radius 2 is 1.96 bits per heavy atom. The van der Waals surface area contributed by atoms with E-state index in [-0.39, 0.29) is 29.8 Å². The lowest BCUT2D eigenvalue weighted by atomic mass is 9.83. The van der Waals surface area contributed by atoms with Gasteiger partial charge in [0.25, 0.3) is 0 Å². The highest BCUT2D eigenvalue weighted by molar-refractivity contribution is 5.85. The van der Waals surface area contributed by atoms with Gasteiger partial charge in [-0.2, -0.15) is 0 Å². The van der Waals surface area contributed by atoms with Crippen molar-refractivity contribution < 1.29 is 9.53 Å². The quantitative estimate of drug-likeness (QED) is 0.666. The van der Waals surface area contributed by atoms with Crippen LogP contribution in [0.1, 0.15) is 57.1 Å². The second-order valence-electron chi connectivity index (χ2n) is 6.65. The maximum atomic E-state index is 12.2. The van der Waals surface area contributed by atoms with E-state index in [9.17, 15) is 4.79 Å². The summed E-state index contributed by atoms with van der Waals surface area (Å²) in [6, 6.07) is 9.57. The van der Waals surface area contributed by atoms with E-state index in [2.05, 4.69) is 5.32 Å². The molecule has 0 aliphatic heterocycles. The lowest BCUT2D eigenvalue weighted by molar-refractivity contribution is -0.122. The second-order valence-corrected chi connectivity index (χ2v) is 6.65. The van der Waals surface area contributed by atoms with Crippen LogP contribution in [0.25, 0.3) is 0 Å². The molecule has 0 bridgehead atoms. The van der Waals surface area contributed by atoms with Gasteiger partial charge in [0.15, 0.2) is 0 Å². The molecule has 1 amide bonds. The molecule has 2 rings (SSSR count). The standard InChI is InChI=1S/C19H30N2O2.ClH/c1-2-23-13-12-19(10-6-7-11-19)15-21-18(22)14-17(20)16-8-4-3-5-9-16;/h3-5,8-9,17H,2,6-7,10-15,20H2,1H3,(H,21,22);1H. The Labute approximate surface area is 151 Å². The van der Waals surface area contributed by atoms with Crippen LogP contribution in [0.5, 0.6) is 0 Å². The van der Waals surface area contributed by atoms with Gasteiger partial charge in [-0.05, 0) is 37.2 Å². The minimum Gasteiger partial charge on any atom is -0.382 e. The Morgan fingerprint density at radius 1 is 1.29 bits per heavy atom. The molecule has 3 N–H and O–H groups in total. The highest BCUT2D eigenvalue weighted by Crippen LogP contribution is 2.40. The highest BCUT2D eigenvalue weighted by atomic mass is 35.5. The van der Waals surface area contributed by atoms with Gasteiger partial charge in [-0.3, -0.25) is 4.79 Å². The molecule has 1 aromatic carbocycles. The summed E-state index contributed by atoms with van der Waals surface area (Å²) in [4.78, 5) is 12.2. The fourth-order valence-electron chi connectivity index (χ4n) is 3.45. The summed E-state index contributed by atoms with van der Waals surface area (Å²) < 4.78 is 5.52. The molecule has 1 saturated carbocycles. The largest absolute Gasteiger partial charge is 0.382 e. The molecule has 1 atom stereocenters. The first kappa shape index (κ1) is 20.9. The molecule has 0 aromatic heterocycles. The van der Waals surface area contributed by atoms with Crippen LogP contribution in [-0.2, 0) is 9.53 Å². The number of nitrogens with two attached hydrogens (primary N) is 1. The minimum absolute atomic E-state index is 0. The number of nitrogens with one attached hydrogen (secondary N) is 1. The number of carbonyl (C=O) groups excluding carboxylic acids is 1. The van der Waals surface area contributed by atoms with E-state index in [0.717, 1.165) is 31.7 Å². The third-order valence-electron chi connectivity index (χ3n) is 4.94. The summed E-state index contributed by atoms with van der Waals surface area (Å²) in [6.45, 7) is 4.32. The Balaban J connectivity index is 0.00000288. The lowest BCUT2D eigenvalue weighted by Crippen LogP contribution is -2.37. The number of halogens is 1. The van der Waals surface area contributed by atoms with Gasteiger partial charge in [-0.25, -0.2) is 0 Å². The van der Waals surface area contributed by atoms with Crippen molar-refractivity contribution in [2.24, 2.45) is 11.1 Å². The number of ether oxygens (including phenoxy) is 1. The molecule has 5 heteroatoms. The average molecular weight is 355 g/mol. The summed E-state index contributed by atoms with van der Waals surface area (Å²) in [5, 5.41) is 3.12. The number of benzene rings is 1. The monoisotopic (exact) mass is 354 g/mol. The van der Waals surface area contributed by atoms with Crippen molar-refractivity contribution >= 4 is 18.3 Å². The van der Waals surface area contributed by atoms with Crippen molar-refractivity contribution in [3.63, 3.8) is 0 Å². The van der Waals surface area contributed by atoms with Gasteiger partial charge < -0.3 is 15.8 Å². The van der Waals surface area contributed by atoms with Gasteiger partial charge >= 0.3 is 0 Å². The Morgan fingerprint density at radius 3 is 2.58 bits per heavy atom. The summed E-state index contributed by atoms with van der Waals surface area (Å²) in [5.41, 5.74) is 7.36. The van der Waals surface area contributed by atoms with E-state index in [0.29, 0.717) is 6.42 Å². The zero-order valence-corrected chi connectivity index (χ0v) is 15.4. The van der Waals surface area contributed by atoms with E-state index < -0.39 is 0 Å². The van der Waals surface area contributed by atoms with E-state index in [1.165, 1.54) is 25.7 Å². The number of hydrogen-bond donors (Lipinski definition) is 2. The van der Waals surface area contributed by atoms with Crippen LogP contribution in [0.4, 0.5) is 0 Å². The number of carbonyl (C=O) groups is 1. The smallest absolute Gasteiger partial charge is 0.221 e. The second kappa shape index (κ2) is 10.7. The molecule has 0 spiro atoms. The van der Waals surface area contributed by atoms with E-state index in [4.69, 9.17) is 10.5 Å². The molecule has 1 aromatic rings. The zero-order chi connectivity index (χ0) is 16.5. The predicted molar refractivity (Wildman–Crippen MR) is 100 cm³/mol. The molecular formula is C19H31ClN2O2. The lowest BCUT2D eigenvalue weighted by Gasteiger charge is -2.29.